The number of fused-ring (bicyclic) bond motifs is 1. The van der Waals surface area contributed by atoms with Gasteiger partial charge in [0.2, 0.25) is 0 Å². The van der Waals surface area contributed by atoms with Gasteiger partial charge in [0, 0.05) is 19.0 Å². The van der Waals surface area contributed by atoms with E-state index >= 15 is 0 Å². The maximum atomic E-state index is 12.9. The first-order valence-corrected chi connectivity index (χ1v) is 11.6. The molecule has 3 rings (SSSR count). The summed E-state index contributed by atoms with van der Waals surface area (Å²) in [4.78, 5) is 24.3. The van der Waals surface area contributed by atoms with Crippen LogP contribution in [0.3, 0.4) is 0 Å². The van der Waals surface area contributed by atoms with Crippen LogP contribution in [0.25, 0.3) is 22.0 Å². The highest BCUT2D eigenvalue weighted by Crippen LogP contribution is 2.28. The van der Waals surface area contributed by atoms with Crippen LogP contribution >= 0.6 is 11.6 Å². The van der Waals surface area contributed by atoms with Crippen molar-refractivity contribution in [3.63, 3.8) is 0 Å². The molecule has 0 radical (unpaired) electrons. The summed E-state index contributed by atoms with van der Waals surface area (Å²) in [6.07, 6.45) is 0. The van der Waals surface area contributed by atoms with Gasteiger partial charge in [0.25, 0.3) is 5.91 Å². The summed E-state index contributed by atoms with van der Waals surface area (Å²) in [5.74, 6) is -0.340. The molecule has 1 amide bonds. The number of carbonyl (C=O) groups excluding carboxylic acids is 2. The van der Waals surface area contributed by atoms with E-state index in [4.69, 9.17) is 25.8 Å². The molecule has 0 aliphatic rings. The topological polar surface area (TPSA) is 91.7 Å². The first-order chi connectivity index (χ1) is 16.2. The van der Waals surface area contributed by atoms with Crippen molar-refractivity contribution in [2.75, 3.05) is 32.3 Å². The molecule has 0 fully saturated rings. The number of nitrogens with one attached hydrogen (secondary N) is 1. The third-order valence-corrected chi connectivity index (χ3v) is 5.33. The van der Waals surface area contributed by atoms with E-state index in [-0.39, 0.29) is 18.4 Å². The Balaban J connectivity index is 1.74. The fourth-order valence-corrected chi connectivity index (χ4v) is 3.49. The normalized spacial score (nSPS) is 11.4. The van der Waals surface area contributed by atoms with Crippen molar-refractivity contribution in [1.82, 2.24) is 15.1 Å². The van der Waals surface area contributed by atoms with Gasteiger partial charge in [-0.25, -0.2) is 0 Å². The first kappa shape index (κ1) is 25.5. The third-order valence-electron chi connectivity index (χ3n) is 5.11. The van der Waals surface area contributed by atoms with Crippen LogP contribution in [-0.2, 0) is 21.3 Å². The van der Waals surface area contributed by atoms with Crippen LogP contribution in [-0.4, -0.2) is 59.5 Å². The van der Waals surface area contributed by atoms with Gasteiger partial charge < -0.3 is 19.5 Å². The van der Waals surface area contributed by atoms with Crippen LogP contribution in [0, 0.1) is 0 Å². The Morgan fingerprint density at radius 1 is 1.09 bits per heavy atom. The van der Waals surface area contributed by atoms with Gasteiger partial charge in [-0.05, 0) is 56.2 Å². The minimum Gasteiger partial charge on any atom is -0.491 e. The van der Waals surface area contributed by atoms with Crippen LogP contribution < -0.4 is 10.1 Å². The molecule has 0 bridgehead atoms. The summed E-state index contributed by atoms with van der Waals surface area (Å²) in [7, 11) is 1.80. The van der Waals surface area contributed by atoms with Crippen LogP contribution in [0.2, 0.25) is 0 Å². The standard InChI is InChI=1S/C25H30ClN3O5/c1-5-32-12-13-33-19-9-6-17(7-10-19)18-8-11-20-21(14-18)29(4)28-23(20)24(31)27-25(2,3)16-34-22(30)15-26/h6-11,14H,5,12-13,15-16H2,1-4H3,(H,27,31). The quantitative estimate of drug-likeness (QED) is 0.250. The molecule has 2 aromatic carbocycles. The summed E-state index contributed by atoms with van der Waals surface area (Å²) < 4.78 is 17.7. The highest BCUT2D eigenvalue weighted by Gasteiger charge is 2.26. The highest BCUT2D eigenvalue weighted by molar-refractivity contribution is 6.26. The molecule has 0 aliphatic heterocycles. The Labute approximate surface area is 204 Å². The maximum absolute atomic E-state index is 12.9. The molecule has 9 heteroatoms. The molecular formula is C25H30ClN3O5. The summed E-state index contributed by atoms with van der Waals surface area (Å²) in [5, 5.41) is 8.03. The Bertz CT molecular complexity index is 1140. The first-order valence-electron chi connectivity index (χ1n) is 11.1. The Kier molecular flexibility index (Phi) is 8.52. The molecule has 1 aromatic heterocycles. The largest absolute Gasteiger partial charge is 0.491 e. The lowest BCUT2D eigenvalue weighted by Crippen LogP contribution is -2.47. The average Bonchev–Trinajstić information content (AvgIpc) is 3.16. The molecule has 8 nitrogen and oxygen atoms in total. The molecular weight excluding hydrogens is 458 g/mol. The molecule has 0 unspecified atom stereocenters. The van der Waals surface area contributed by atoms with Crippen LogP contribution in [0.4, 0.5) is 0 Å². The summed E-state index contributed by atoms with van der Waals surface area (Å²) in [6.45, 7) is 7.22. The lowest BCUT2D eigenvalue weighted by Gasteiger charge is -2.25. The number of ether oxygens (including phenoxy) is 3. The molecule has 182 valence electrons. The van der Waals surface area contributed by atoms with Crippen molar-refractivity contribution >= 4 is 34.4 Å². The van der Waals surface area contributed by atoms with Gasteiger partial charge in [-0.15, -0.1) is 11.6 Å². The number of aryl methyl sites for hydroxylation is 1. The van der Waals surface area contributed by atoms with Gasteiger partial charge in [-0.3, -0.25) is 14.3 Å². The minimum absolute atomic E-state index is 0.00451. The number of carbonyl (C=O) groups is 2. The Morgan fingerprint density at radius 3 is 2.47 bits per heavy atom. The van der Waals surface area contributed by atoms with E-state index in [0.29, 0.717) is 25.5 Å². The van der Waals surface area contributed by atoms with E-state index in [2.05, 4.69) is 10.4 Å². The molecule has 1 N–H and O–H groups in total. The maximum Gasteiger partial charge on any atom is 0.320 e. The zero-order valence-corrected chi connectivity index (χ0v) is 20.6. The van der Waals surface area contributed by atoms with Gasteiger partial charge >= 0.3 is 5.97 Å². The average molecular weight is 488 g/mol. The lowest BCUT2D eigenvalue weighted by atomic mass is 10.0. The molecule has 0 spiro atoms. The second-order valence-corrected chi connectivity index (χ2v) is 8.67. The van der Waals surface area contributed by atoms with Gasteiger partial charge in [0.05, 0.1) is 17.7 Å². The monoisotopic (exact) mass is 487 g/mol. The number of amides is 1. The van der Waals surface area contributed by atoms with Crippen molar-refractivity contribution in [3.05, 3.63) is 48.2 Å². The second kappa shape index (κ2) is 11.4. The second-order valence-electron chi connectivity index (χ2n) is 8.41. The number of aromatic nitrogens is 2. The zero-order valence-electron chi connectivity index (χ0n) is 19.9. The Hall–Kier alpha value is -3.10. The summed E-state index contributed by atoms with van der Waals surface area (Å²) in [6, 6.07) is 13.7. The predicted octanol–water partition coefficient (Wildman–Crippen LogP) is 3.95. The summed E-state index contributed by atoms with van der Waals surface area (Å²) in [5.41, 5.74) is 2.37. The van der Waals surface area contributed by atoms with E-state index in [9.17, 15) is 9.59 Å². The van der Waals surface area contributed by atoms with E-state index in [1.54, 1.807) is 25.6 Å². The summed E-state index contributed by atoms with van der Waals surface area (Å²) >= 11 is 5.46. The van der Waals surface area contributed by atoms with Crippen LogP contribution in [0.5, 0.6) is 5.75 Å². The van der Waals surface area contributed by atoms with Gasteiger partial charge in [0.15, 0.2) is 5.69 Å². The third kappa shape index (κ3) is 6.48. The van der Waals surface area contributed by atoms with E-state index in [1.807, 2.05) is 49.4 Å². The predicted molar refractivity (Wildman–Crippen MR) is 131 cm³/mol. The molecule has 0 atom stereocenters. The molecule has 3 aromatic rings. The highest BCUT2D eigenvalue weighted by atomic mass is 35.5. The van der Waals surface area contributed by atoms with Crippen molar-refractivity contribution in [2.45, 2.75) is 26.3 Å². The van der Waals surface area contributed by atoms with Crippen LogP contribution in [0.1, 0.15) is 31.3 Å². The Morgan fingerprint density at radius 2 is 1.79 bits per heavy atom. The number of benzene rings is 2. The smallest absolute Gasteiger partial charge is 0.320 e. The van der Waals surface area contributed by atoms with Gasteiger partial charge in [-0.1, -0.05) is 18.2 Å². The molecule has 0 saturated heterocycles. The SMILES string of the molecule is CCOCCOc1ccc(-c2ccc3c(C(=O)NC(C)(C)COC(=O)CCl)nn(C)c3c2)cc1. The fraction of sp³-hybridized carbons (Fsp3) is 0.400. The van der Waals surface area contributed by atoms with E-state index < -0.39 is 11.5 Å². The minimum atomic E-state index is -0.783. The van der Waals surface area contributed by atoms with Gasteiger partial charge in [-0.2, -0.15) is 5.10 Å². The molecule has 34 heavy (non-hydrogen) atoms. The van der Waals surface area contributed by atoms with E-state index in [1.165, 1.54) is 0 Å². The molecule has 0 saturated carbocycles. The number of rotatable bonds is 11. The fourth-order valence-electron chi connectivity index (χ4n) is 3.41. The van der Waals surface area contributed by atoms with Crippen molar-refractivity contribution < 1.29 is 23.8 Å². The van der Waals surface area contributed by atoms with Crippen molar-refractivity contribution in [1.29, 1.82) is 0 Å². The zero-order chi connectivity index (χ0) is 24.7. The van der Waals surface area contributed by atoms with Crippen LogP contribution in [0.15, 0.2) is 42.5 Å². The number of hydrogen-bond acceptors (Lipinski definition) is 6. The number of hydrogen-bond donors (Lipinski definition) is 1. The van der Waals surface area contributed by atoms with Crippen molar-refractivity contribution in [3.8, 4) is 16.9 Å². The van der Waals surface area contributed by atoms with Gasteiger partial charge in [0.1, 0.15) is 24.8 Å². The number of alkyl halides is 1. The molecule has 1 heterocycles. The van der Waals surface area contributed by atoms with Crippen molar-refractivity contribution in [2.24, 2.45) is 7.05 Å². The molecule has 0 aliphatic carbocycles. The lowest BCUT2D eigenvalue weighted by molar-refractivity contribution is -0.142. The number of halogens is 1. The number of nitrogens with zero attached hydrogens (tertiary/aromatic N) is 2. The number of esters is 1. The van der Waals surface area contributed by atoms with E-state index in [0.717, 1.165) is 27.8 Å².